The summed E-state index contributed by atoms with van der Waals surface area (Å²) in [5.74, 6) is -0.728. The third-order valence-electron chi connectivity index (χ3n) is 3.06. The van der Waals surface area contributed by atoms with Crippen molar-refractivity contribution in [3.8, 4) is 0 Å². The Morgan fingerprint density at radius 3 is 2.73 bits per heavy atom. The van der Waals surface area contributed by atoms with Crippen LogP contribution in [-0.4, -0.2) is 24.0 Å². The van der Waals surface area contributed by atoms with E-state index in [4.69, 9.17) is 0 Å². The minimum Gasteiger partial charge on any atom is -0.465 e. The number of amides is 1. The Morgan fingerprint density at radius 2 is 1.91 bits per heavy atom. The second-order valence-corrected chi connectivity index (χ2v) is 5.61. The summed E-state index contributed by atoms with van der Waals surface area (Å²) < 4.78 is 4.63. The number of thiophene rings is 1. The first kappa shape index (κ1) is 14.2. The number of carbonyl (C=O) groups is 2. The number of carbonyl (C=O) groups excluding carboxylic acids is 2. The van der Waals surface area contributed by atoms with E-state index in [0.29, 0.717) is 15.4 Å². The second-order valence-electron chi connectivity index (χ2n) is 4.53. The number of methoxy groups -OCH3 is 1. The van der Waals surface area contributed by atoms with Gasteiger partial charge in [-0.05, 0) is 24.3 Å². The lowest BCUT2D eigenvalue weighted by atomic mass is 10.2. The summed E-state index contributed by atoms with van der Waals surface area (Å²) in [7, 11) is 1.31. The topological polar surface area (TPSA) is 68.3 Å². The Labute approximate surface area is 130 Å². The Morgan fingerprint density at radius 1 is 1.14 bits per heavy atom. The predicted molar refractivity (Wildman–Crippen MR) is 85.4 cm³/mol. The van der Waals surface area contributed by atoms with Gasteiger partial charge >= 0.3 is 5.97 Å². The van der Waals surface area contributed by atoms with Gasteiger partial charge in [0.25, 0.3) is 5.91 Å². The number of benzene rings is 1. The summed E-state index contributed by atoms with van der Waals surface area (Å²) in [6.07, 6.45) is 1.61. The number of esters is 1. The van der Waals surface area contributed by atoms with E-state index in [1.165, 1.54) is 7.11 Å². The van der Waals surface area contributed by atoms with Gasteiger partial charge in [0.1, 0.15) is 4.88 Å². The Kier molecular flexibility index (Phi) is 3.84. The molecule has 0 aliphatic carbocycles. The molecule has 3 rings (SSSR count). The van der Waals surface area contributed by atoms with Crippen LogP contribution in [0, 0.1) is 0 Å². The summed E-state index contributed by atoms with van der Waals surface area (Å²) in [5.41, 5.74) is 1.47. The van der Waals surface area contributed by atoms with Gasteiger partial charge in [0.15, 0.2) is 0 Å². The smallest absolute Gasteiger partial charge is 0.348 e. The van der Waals surface area contributed by atoms with E-state index in [2.05, 4.69) is 15.0 Å². The predicted octanol–water partition coefficient (Wildman–Crippen LogP) is 3.34. The molecule has 6 heteroatoms. The number of nitrogens with one attached hydrogen (secondary N) is 1. The molecular weight excluding hydrogens is 300 g/mol. The van der Waals surface area contributed by atoms with E-state index in [1.54, 1.807) is 18.3 Å². The van der Waals surface area contributed by atoms with E-state index in [1.807, 2.05) is 30.3 Å². The van der Waals surface area contributed by atoms with Gasteiger partial charge in [-0.3, -0.25) is 9.78 Å². The average Bonchev–Trinajstić information content (AvgIpc) is 3.04. The lowest BCUT2D eigenvalue weighted by Gasteiger charge is -2.04. The van der Waals surface area contributed by atoms with Crippen LogP contribution in [0.3, 0.4) is 0 Å². The Balaban J connectivity index is 1.80. The van der Waals surface area contributed by atoms with Crippen LogP contribution in [0.2, 0.25) is 0 Å². The fourth-order valence-corrected chi connectivity index (χ4v) is 2.82. The number of fused-ring (bicyclic) bond motifs is 1. The van der Waals surface area contributed by atoms with Crippen molar-refractivity contribution in [1.82, 2.24) is 4.98 Å². The summed E-state index contributed by atoms with van der Waals surface area (Å²) in [5, 5.41) is 3.72. The molecular formula is C16H12N2O3S. The molecule has 0 bridgehead atoms. The van der Waals surface area contributed by atoms with Gasteiger partial charge in [-0.1, -0.05) is 18.2 Å². The number of nitrogens with zero attached hydrogens (tertiary/aromatic N) is 1. The van der Waals surface area contributed by atoms with Gasteiger partial charge < -0.3 is 10.1 Å². The largest absolute Gasteiger partial charge is 0.465 e. The van der Waals surface area contributed by atoms with Gasteiger partial charge in [0.2, 0.25) is 0 Å². The quantitative estimate of drug-likeness (QED) is 0.753. The molecule has 110 valence electrons. The van der Waals surface area contributed by atoms with Crippen LogP contribution < -0.4 is 5.32 Å². The molecule has 3 aromatic rings. The molecule has 0 aliphatic heterocycles. The van der Waals surface area contributed by atoms with E-state index >= 15 is 0 Å². The summed E-state index contributed by atoms with van der Waals surface area (Å²) >= 11 is 1.09. The molecule has 0 aliphatic rings. The van der Waals surface area contributed by atoms with E-state index in [0.717, 1.165) is 22.2 Å². The number of pyridine rings is 1. The maximum atomic E-state index is 12.2. The highest BCUT2D eigenvalue weighted by atomic mass is 32.1. The highest BCUT2D eigenvalue weighted by Gasteiger charge is 2.14. The van der Waals surface area contributed by atoms with Crippen molar-refractivity contribution in [2.75, 3.05) is 12.4 Å². The number of hydrogen-bond acceptors (Lipinski definition) is 5. The van der Waals surface area contributed by atoms with Crippen molar-refractivity contribution in [2.24, 2.45) is 0 Å². The molecule has 0 saturated heterocycles. The molecule has 1 aromatic carbocycles. The monoisotopic (exact) mass is 312 g/mol. The van der Waals surface area contributed by atoms with Crippen molar-refractivity contribution in [2.45, 2.75) is 0 Å². The van der Waals surface area contributed by atoms with E-state index in [9.17, 15) is 9.59 Å². The first-order chi connectivity index (χ1) is 10.7. The normalized spacial score (nSPS) is 10.4. The lowest BCUT2D eigenvalue weighted by molar-refractivity contribution is 0.0606. The molecule has 0 spiro atoms. The van der Waals surface area contributed by atoms with Crippen molar-refractivity contribution in [3.05, 3.63) is 58.4 Å². The lowest BCUT2D eigenvalue weighted by Crippen LogP contribution is -2.10. The number of anilines is 1. The van der Waals surface area contributed by atoms with Crippen LogP contribution in [0.5, 0.6) is 0 Å². The standard InChI is InChI=1S/C16H12N2O3S/c1-21-16(20)14-7-6-13(22-14)15(19)18-11-8-10-4-2-3-5-12(10)17-9-11/h2-9H,1H3,(H,18,19). The zero-order valence-electron chi connectivity index (χ0n) is 11.7. The SMILES string of the molecule is COC(=O)c1ccc(C(=O)Nc2cnc3ccccc3c2)s1. The number of para-hydroxylation sites is 1. The number of rotatable bonds is 3. The van der Waals surface area contributed by atoms with Crippen LogP contribution in [0.15, 0.2) is 48.7 Å². The van der Waals surface area contributed by atoms with Crippen LogP contribution in [0.4, 0.5) is 5.69 Å². The molecule has 0 atom stereocenters. The Bertz CT molecular complexity index is 857. The van der Waals surface area contributed by atoms with Gasteiger partial charge in [-0.15, -0.1) is 11.3 Å². The molecule has 5 nitrogen and oxygen atoms in total. The molecule has 0 saturated carbocycles. The zero-order valence-corrected chi connectivity index (χ0v) is 12.5. The molecule has 1 N–H and O–H groups in total. The summed E-state index contributed by atoms with van der Waals surface area (Å²) in [4.78, 5) is 28.7. The summed E-state index contributed by atoms with van der Waals surface area (Å²) in [6.45, 7) is 0. The highest BCUT2D eigenvalue weighted by molar-refractivity contribution is 7.16. The van der Waals surface area contributed by atoms with Crippen LogP contribution in [0.25, 0.3) is 10.9 Å². The molecule has 1 amide bonds. The molecule has 0 unspecified atom stereocenters. The number of hydrogen-bond donors (Lipinski definition) is 1. The van der Waals surface area contributed by atoms with Gasteiger partial charge in [0.05, 0.1) is 29.4 Å². The minimum absolute atomic E-state index is 0.280. The maximum Gasteiger partial charge on any atom is 0.348 e. The maximum absolute atomic E-state index is 12.2. The minimum atomic E-state index is -0.448. The van der Waals surface area contributed by atoms with Gasteiger partial charge in [0, 0.05) is 5.39 Å². The van der Waals surface area contributed by atoms with Crippen molar-refractivity contribution in [1.29, 1.82) is 0 Å². The van der Waals surface area contributed by atoms with E-state index < -0.39 is 5.97 Å². The van der Waals surface area contributed by atoms with Crippen LogP contribution in [-0.2, 0) is 4.74 Å². The van der Waals surface area contributed by atoms with Gasteiger partial charge in [-0.2, -0.15) is 0 Å². The fraction of sp³-hybridized carbons (Fsp3) is 0.0625. The van der Waals surface area contributed by atoms with Crippen molar-refractivity contribution >= 4 is 39.8 Å². The zero-order chi connectivity index (χ0) is 15.5. The Hall–Kier alpha value is -2.73. The second kappa shape index (κ2) is 5.95. The molecule has 0 radical (unpaired) electrons. The first-order valence-electron chi connectivity index (χ1n) is 6.51. The molecule has 2 aromatic heterocycles. The average molecular weight is 312 g/mol. The fourth-order valence-electron chi connectivity index (χ4n) is 2.00. The van der Waals surface area contributed by atoms with E-state index in [-0.39, 0.29) is 5.91 Å². The van der Waals surface area contributed by atoms with Gasteiger partial charge in [-0.25, -0.2) is 4.79 Å². The number of aromatic nitrogens is 1. The van der Waals surface area contributed by atoms with Crippen molar-refractivity contribution in [3.63, 3.8) is 0 Å². The number of ether oxygens (including phenoxy) is 1. The third-order valence-corrected chi connectivity index (χ3v) is 4.13. The third kappa shape index (κ3) is 2.82. The molecule has 22 heavy (non-hydrogen) atoms. The summed E-state index contributed by atoms with van der Waals surface area (Å²) in [6, 6.07) is 12.7. The molecule has 0 fully saturated rings. The van der Waals surface area contributed by atoms with Crippen LogP contribution >= 0.6 is 11.3 Å². The highest BCUT2D eigenvalue weighted by Crippen LogP contribution is 2.20. The molecule has 2 heterocycles. The first-order valence-corrected chi connectivity index (χ1v) is 7.33. The van der Waals surface area contributed by atoms with Crippen molar-refractivity contribution < 1.29 is 14.3 Å². The van der Waals surface area contributed by atoms with Crippen LogP contribution in [0.1, 0.15) is 19.3 Å².